The Hall–Kier alpha value is -1.64. The predicted octanol–water partition coefficient (Wildman–Crippen LogP) is 3.25. The average Bonchev–Trinajstić information content (AvgIpc) is 3.05. The molecule has 2 aromatic rings. The van der Waals surface area contributed by atoms with E-state index in [1.54, 1.807) is 0 Å². The zero-order chi connectivity index (χ0) is 14.9. The lowest BCUT2D eigenvalue weighted by Crippen LogP contribution is -2.33. The summed E-state index contributed by atoms with van der Waals surface area (Å²) in [5, 5.41) is 0. The number of nitrogens with zero attached hydrogens (tertiary/aromatic N) is 2. The normalized spacial score (nSPS) is 27.1. The van der Waals surface area contributed by atoms with Crippen molar-refractivity contribution in [3.63, 3.8) is 0 Å². The second kappa shape index (κ2) is 5.86. The summed E-state index contributed by atoms with van der Waals surface area (Å²) in [6.45, 7) is 4.68. The van der Waals surface area contributed by atoms with E-state index in [1.807, 2.05) is 0 Å². The van der Waals surface area contributed by atoms with Gasteiger partial charge in [0.2, 0.25) is 0 Å². The summed E-state index contributed by atoms with van der Waals surface area (Å²) in [4.78, 5) is 5.18. The number of fused-ring (bicyclic) bond motifs is 1. The molecule has 3 atom stereocenters. The van der Waals surface area contributed by atoms with Gasteiger partial charge in [-0.05, 0) is 30.0 Å². The quantitative estimate of drug-likeness (QED) is 0.834. The van der Waals surface area contributed by atoms with E-state index in [4.69, 9.17) is 0 Å². The Morgan fingerprint density at radius 2 is 1.27 bits per heavy atom. The number of piperidine rings is 1. The van der Waals surface area contributed by atoms with E-state index in [1.165, 1.54) is 24.2 Å². The fourth-order valence-corrected chi connectivity index (χ4v) is 4.15. The molecule has 0 unspecified atom stereocenters. The molecular weight excluding hydrogens is 268 g/mol. The molecule has 2 aromatic carbocycles. The first-order valence-electron chi connectivity index (χ1n) is 8.32. The zero-order valence-electron chi connectivity index (χ0n) is 13.2. The fraction of sp³-hybridized carbons (Fsp3) is 0.400. The molecule has 2 heteroatoms. The van der Waals surface area contributed by atoms with E-state index in [-0.39, 0.29) is 0 Å². The second-order valence-electron chi connectivity index (χ2n) is 6.92. The van der Waals surface area contributed by atoms with Gasteiger partial charge in [0.1, 0.15) is 0 Å². The summed E-state index contributed by atoms with van der Waals surface area (Å²) in [6, 6.07) is 22.6. The Labute approximate surface area is 133 Å². The van der Waals surface area contributed by atoms with Gasteiger partial charge in [-0.1, -0.05) is 60.7 Å². The van der Waals surface area contributed by atoms with Crippen LogP contribution in [0.2, 0.25) is 0 Å². The lowest BCUT2D eigenvalue weighted by Gasteiger charge is -2.26. The van der Waals surface area contributed by atoms with Crippen LogP contribution in [-0.2, 0) is 13.1 Å². The third kappa shape index (κ3) is 2.81. The Morgan fingerprint density at radius 3 is 1.73 bits per heavy atom. The molecule has 1 aliphatic carbocycles. The van der Waals surface area contributed by atoms with Crippen molar-refractivity contribution in [1.82, 2.24) is 9.80 Å². The highest BCUT2D eigenvalue weighted by atomic mass is 15.3. The molecule has 0 radical (unpaired) electrons. The van der Waals surface area contributed by atoms with Crippen molar-refractivity contribution in [2.75, 3.05) is 20.1 Å². The van der Waals surface area contributed by atoms with Crippen LogP contribution in [0, 0.1) is 11.8 Å². The van der Waals surface area contributed by atoms with Crippen LogP contribution in [0.4, 0.5) is 0 Å². The molecule has 4 rings (SSSR count). The lowest BCUT2D eigenvalue weighted by molar-refractivity contribution is 0.196. The van der Waals surface area contributed by atoms with Crippen LogP contribution in [0.1, 0.15) is 11.1 Å². The van der Waals surface area contributed by atoms with Crippen LogP contribution >= 0.6 is 0 Å². The van der Waals surface area contributed by atoms with Crippen LogP contribution in [0.3, 0.4) is 0 Å². The van der Waals surface area contributed by atoms with Crippen LogP contribution in [0.25, 0.3) is 0 Å². The largest absolute Gasteiger partial charge is 0.306 e. The van der Waals surface area contributed by atoms with Crippen LogP contribution < -0.4 is 0 Å². The Bertz CT molecular complexity index is 557. The summed E-state index contributed by atoms with van der Waals surface area (Å²) in [5.74, 6) is 1.77. The number of likely N-dealkylation sites (tertiary alicyclic amines) is 1. The van der Waals surface area contributed by atoms with E-state index in [9.17, 15) is 0 Å². The van der Waals surface area contributed by atoms with Crippen molar-refractivity contribution in [1.29, 1.82) is 0 Å². The van der Waals surface area contributed by atoms with Crippen LogP contribution in [-0.4, -0.2) is 36.0 Å². The van der Waals surface area contributed by atoms with E-state index < -0.39 is 0 Å². The molecule has 1 heterocycles. The number of hydrogen-bond donors (Lipinski definition) is 0. The topological polar surface area (TPSA) is 6.48 Å². The van der Waals surface area contributed by atoms with Gasteiger partial charge in [0.05, 0.1) is 0 Å². The highest BCUT2D eigenvalue weighted by Gasteiger charge is 2.57. The summed E-state index contributed by atoms with van der Waals surface area (Å²) in [7, 11) is 2.25. The van der Waals surface area contributed by atoms with E-state index >= 15 is 0 Å². The minimum atomic E-state index is 0.775. The van der Waals surface area contributed by atoms with Gasteiger partial charge in [0.25, 0.3) is 0 Å². The van der Waals surface area contributed by atoms with Gasteiger partial charge in [-0.3, -0.25) is 4.90 Å². The number of rotatable bonds is 5. The van der Waals surface area contributed by atoms with Crippen LogP contribution in [0.15, 0.2) is 60.7 Å². The number of hydrogen-bond acceptors (Lipinski definition) is 2. The molecule has 1 saturated carbocycles. The first-order chi connectivity index (χ1) is 10.8. The fourth-order valence-electron chi connectivity index (χ4n) is 4.15. The van der Waals surface area contributed by atoms with Crippen molar-refractivity contribution in [2.45, 2.75) is 19.1 Å². The molecule has 2 nitrogen and oxygen atoms in total. The van der Waals surface area contributed by atoms with Gasteiger partial charge in [-0.2, -0.15) is 0 Å². The molecule has 114 valence electrons. The molecule has 2 fully saturated rings. The minimum Gasteiger partial charge on any atom is -0.306 e. The Kier molecular flexibility index (Phi) is 3.73. The molecule has 1 saturated heterocycles. The first kappa shape index (κ1) is 14.0. The summed E-state index contributed by atoms with van der Waals surface area (Å²) < 4.78 is 0. The molecule has 22 heavy (non-hydrogen) atoms. The van der Waals surface area contributed by atoms with Gasteiger partial charge < -0.3 is 4.90 Å². The third-order valence-electron chi connectivity index (χ3n) is 5.21. The highest BCUT2D eigenvalue weighted by Crippen LogP contribution is 2.49. The van der Waals surface area contributed by atoms with Crippen molar-refractivity contribution in [2.24, 2.45) is 11.8 Å². The van der Waals surface area contributed by atoms with Crippen molar-refractivity contribution in [3.8, 4) is 0 Å². The first-order valence-corrected chi connectivity index (χ1v) is 8.32. The van der Waals surface area contributed by atoms with Crippen molar-refractivity contribution >= 4 is 0 Å². The molecule has 0 amide bonds. The number of benzene rings is 2. The van der Waals surface area contributed by atoms with Gasteiger partial charge in [-0.15, -0.1) is 0 Å². The van der Waals surface area contributed by atoms with Gasteiger partial charge in [0, 0.05) is 32.2 Å². The Balaban J connectivity index is 1.51. The molecule has 0 spiro atoms. The Morgan fingerprint density at radius 1 is 0.818 bits per heavy atom. The highest BCUT2D eigenvalue weighted by molar-refractivity contribution is 5.20. The molecule has 0 aromatic heterocycles. The van der Waals surface area contributed by atoms with Crippen LogP contribution in [0.5, 0.6) is 0 Å². The molecular formula is C20H24N2. The van der Waals surface area contributed by atoms with E-state index in [0.717, 1.165) is 31.0 Å². The predicted molar refractivity (Wildman–Crippen MR) is 90.4 cm³/mol. The molecule has 0 bridgehead atoms. The maximum Gasteiger partial charge on any atom is 0.0240 e. The smallest absolute Gasteiger partial charge is 0.0240 e. The average molecular weight is 292 g/mol. The van der Waals surface area contributed by atoms with Gasteiger partial charge in [0.15, 0.2) is 0 Å². The summed E-state index contributed by atoms with van der Waals surface area (Å²) in [6.07, 6.45) is 0. The monoisotopic (exact) mass is 292 g/mol. The molecule has 1 aliphatic heterocycles. The maximum absolute atomic E-state index is 2.70. The van der Waals surface area contributed by atoms with E-state index in [0.29, 0.717) is 0 Å². The SMILES string of the molecule is CN1C[C@@H]2[C@H](C1)[C@H]2N(Cc1ccccc1)Cc1ccccc1. The van der Waals surface area contributed by atoms with Gasteiger partial charge >= 0.3 is 0 Å². The summed E-state index contributed by atoms with van der Waals surface area (Å²) >= 11 is 0. The van der Waals surface area contributed by atoms with Crippen molar-refractivity contribution < 1.29 is 0 Å². The zero-order valence-corrected chi connectivity index (χ0v) is 13.2. The summed E-state index contributed by atoms with van der Waals surface area (Å²) in [5.41, 5.74) is 2.86. The minimum absolute atomic E-state index is 0.775. The third-order valence-corrected chi connectivity index (χ3v) is 5.21. The standard InChI is InChI=1S/C20H24N2/c1-21-14-18-19(15-21)20(18)22(12-16-8-4-2-5-9-16)13-17-10-6-3-7-11-17/h2-11,18-20H,12-15H2,1H3/t18-,19+,20+. The maximum atomic E-state index is 2.70. The molecule has 2 aliphatic rings. The van der Waals surface area contributed by atoms with Gasteiger partial charge in [-0.25, -0.2) is 0 Å². The molecule has 0 N–H and O–H groups in total. The van der Waals surface area contributed by atoms with E-state index in [2.05, 4.69) is 77.5 Å². The second-order valence-corrected chi connectivity index (χ2v) is 6.92. The lowest BCUT2D eigenvalue weighted by atomic mass is 10.1. The van der Waals surface area contributed by atoms with Crippen molar-refractivity contribution in [3.05, 3.63) is 71.8 Å².